The van der Waals surface area contributed by atoms with Crippen LogP contribution in [-0.4, -0.2) is 30.3 Å². The molecule has 3 rings (SSSR count). The predicted molar refractivity (Wildman–Crippen MR) is 125 cm³/mol. The number of aliphatic hydroxyl groups excluding tert-OH is 1. The van der Waals surface area contributed by atoms with Crippen molar-refractivity contribution in [1.29, 1.82) is 0 Å². The normalized spacial score (nSPS) is 11.7. The van der Waals surface area contributed by atoms with Gasteiger partial charge in [-0.1, -0.05) is 18.2 Å². The first-order valence-corrected chi connectivity index (χ1v) is 10.7. The lowest BCUT2D eigenvalue weighted by Gasteiger charge is -2.16. The molecule has 0 aromatic heterocycles. The van der Waals surface area contributed by atoms with Gasteiger partial charge in [-0.05, 0) is 71.5 Å². The van der Waals surface area contributed by atoms with Crippen LogP contribution >= 0.6 is 22.6 Å². The van der Waals surface area contributed by atoms with Crippen LogP contribution in [0.4, 0.5) is 20.2 Å². The number of rotatable bonds is 9. The zero-order valence-corrected chi connectivity index (χ0v) is 19.2. The van der Waals surface area contributed by atoms with Crippen molar-refractivity contribution in [1.82, 2.24) is 5.48 Å². The number of nitrogens with one attached hydrogen (secondary N) is 2. The monoisotopic (exact) mass is 554 g/mol. The van der Waals surface area contributed by atoms with Crippen LogP contribution in [0.25, 0.3) is 0 Å². The van der Waals surface area contributed by atoms with Crippen LogP contribution in [-0.2, 0) is 4.84 Å². The van der Waals surface area contributed by atoms with E-state index < -0.39 is 23.6 Å². The average Bonchev–Trinajstić information content (AvgIpc) is 2.77. The Kier molecular flexibility index (Phi) is 8.37. The fourth-order valence-electron chi connectivity index (χ4n) is 2.77. The summed E-state index contributed by atoms with van der Waals surface area (Å²) in [5.74, 6) is -2.48. The predicted octanol–water partition coefficient (Wildman–Crippen LogP) is 4.72. The Morgan fingerprint density at radius 1 is 1.03 bits per heavy atom. The molecule has 0 saturated heterocycles. The molecule has 6 nitrogen and oxygen atoms in total. The van der Waals surface area contributed by atoms with Gasteiger partial charge in [0, 0.05) is 15.3 Å². The van der Waals surface area contributed by atoms with Crippen molar-refractivity contribution >= 4 is 39.9 Å². The fourth-order valence-corrected chi connectivity index (χ4v) is 3.41. The van der Waals surface area contributed by atoms with Crippen LogP contribution in [0.2, 0.25) is 0 Å². The summed E-state index contributed by atoms with van der Waals surface area (Å²) in [4.78, 5) is 17.6. The number of anilines is 2. The van der Waals surface area contributed by atoms with Gasteiger partial charge in [0.05, 0.1) is 11.3 Å². The maximum Gasteiger partial charge on any atom is 0.277 e. The summed E-state index contributed by atoms with van der Waals surface area (Å²) in [5.41, 5.74) is 3.56. The molecule has 168 valence electrons. The third kappa shape index (κ3) is 6.62. The Bertz CT molecular complexity index is 1080. The van der Waals surface area contributed by atoms with Crippen LogP contribution in [0.1, 0.15) is 15.9 Å². The topological polar surface area (TPSA) is 79.8 Å². The summed E-state index contributed by atoms with van der Waals surface area (Å²) >= 11 is 2.16. The van der Waals surface area contributed by atoms with Crippen molar-refractivity contribution < 1.29 is 28.3 Å². The highest BCUT2D eigenvalue weighted by Gasteiger charge is 2.18. The van der Waals surface area contributed by atoms with Gasteiger partial charge in [-0.25, -0.2) is 14.3 Å². The summed E-state index contributed by atoms with van der Waals surface area (Å²) < 4.78 is 34.1. The van der Waals surface area contributed by atoms with Gasteiger partial charge in [-0.2, -0.15) is 0 Å². The number of amides is 1. The SMILES string of the molecule is Cc1cc(I)ccc1Nc1cc(F)c(F)cc1C(=O)NOCC(O)COc1ccccc1. The molecule has 3 aromatic rings. The number of carbonyl (C=O) groups is 1. The van der Waals surface area contributed by atoms with Crippen LogP contribution in [0, 0.1) is 22.1 Å². The molecule has 1 amide bonds. The molecule has 3 N–H and O–H groups in total. The molecule has 0 aliphatic rings. The van der Waals surface area contributed by atoms with Gasteiger partial charge >= 0.3 is 0 Å². The standard InChI is InChI=1S/C23H21F2IN2O4/c1-14-9-15(26)7-8-21(14)27-22-11-20(25)19(24)10-18(22)23(30)28-32-13-16(29)12-31-17-5-3-2-4-6-17/h2-11,16,27,29H,12-13H2,1H3,(H,28,30). The van der Waals surface area contributed by atoms with Crippen molar-refractivity contribution in [3.05, 3.63) is 87.0 Å². The van der Waals surface area contributed by atoms with E-state index in [-0.39, 0.29) is 24.5 Å². The maximum atomic E-state index is 13.8. The Morgan fingerprint density at radius 2 is 1.75 bits per heavy atom. The Labute approximate surface area is 197 Å². The summed E-state index contributed by atoms with van der Waals surface area (Å²) in [6.07, 6.45) is -1.02. The number of halogens is 3. The highest BCUT2D eigenvalue weighted by molar-refractivity contribution is 14.1. The summed E-state index contributed by atoms with van der Waals surface area (Å²) in [6.45, 7) is 1.54. The van der Waals surface area contributed by atoms with E-state index in [0.29, 0.717) is 11.4 Å². The van der Waals surface area contributed by atoms with Crippen molar-refractivity contribution in [2.75, 3.05) is 18.5 Å². The van der Waals surface area contributed by atoms with Crippen LogP contribution < -0.4 is 15.5 Å². The molecular weight excluding hydrogens is 533 g/mol. The van der Waals surface area contributed by atoms with Gasteiger partial charge in [0.1, 0.15) is 25.1 Å². The van der Waals surface area contributed by atoms with Gasteiger partial charge in [0.2, 0.25) is 0 Å². The second-order valence-electron chi connectivity index (χ2n) is 6.92. The van der Waals surface area contributed by atoms with Gasteiger partial charge in [-0.3, -0.25) is 9.63 Å². The lowest BCUT2D eigenvalue weighted by atomic mass is 10.1. The van der Waals surface area contributed by atoms with Crippen molar-refractivity contribution in [2.45, 2.75) is 13.0 Å². The molecule has 0 aliphatic heterocycles. The van der Waals surface area contributed by atoms with Crippen LogP contribution in [0.5, 0.6) is 5.75 Å². The van der Waals surface area contributed by atoms with E-state index in [9.17, 15) is 18.7 Å². The third-order valence-corrected chi connectivity index (χ3v) is 5.06. The largest absolute Gasteiger partial charge is 0.491 e. The smallest absolute Gasteiger partial charge is 0.277 e. The van der Waals surface area contributed by atoms with E-state index in [2.05, 4.69) is 33.4 Å². The highest BCUT2D eigenvalue weighted by Crippen LogP contribution is 2.27. The number of hydrogen-bond donors (Lipinski definition) is 3. The second kappa shape index (κ2) is 11.2. The summed E-state index contributed by atoms with van der Waals surface area (Å²) in [6, 6.07) is 16.1. The molecule has 0 spiro atoms. The van der Waals surface area contributed by atoms with Gasteiger partial charge in [0.15, 0.2) is 11.6 Å². The molecule has 0 aliphatic carbocycles. The number of benzene rings is 3. The Morgan fingerprint density at radius 3 is 2.47 bits per heavy atom. The molecule has 3 aromatic carbocycles. The molecule has 1 atom stereocenters. The Hall–Kier alpha value is -2.76. The molecule has 0 radical (unpaired) electrons. The first kappa shape index (κ1) is 23.9. The quantitative estimate of drug-likeness (QED) is 0.264. The van der Waals surface area contributed by atoms with E-state index in [1.54, 1.807) is 30.3 Å². The lowest BCUT2D eigenvalue weighted by Crippen LogP contribution is -2.31. The van der Waals surface area contributed by atoms with Gasteiger partial charge < -0.3 is 15.2 Å². The van der Waals surface area contributed by atoms with E-state index >= 15 is 0 Å². The Balaban J connectivity index is 1.62. The number of hydrogen-bond acceptors (Lipinski definition) is 5. The minimum Gasteiger partial charge on any atom is -0.491 e. The minimum absolute atomic E-state index is 0.0516. The number of hydroxylamine groups is 1. The first-order valence-electron chi connectivity index (χ1n) is 9.63. The fraction of sp³-hybridized carbons (Fsp3) is 0.174. The first-order chi connectivity index (χ1) is 15.3. The maximum absolute atomic E-state index is 13.8. The van der Waals surface area contributed by atoms with Crippen molar-refractivity contribution in [2.24, 2.45) is 0 Å². The summed E-state index contributed by atoms with van der Waals surface area (Å²) in [7, 11) is 0. The van der Waals surface area contributed by atoms with E-state index in [0.717, 1.165) is 21.3 Å². The average molecular weight is 554 g/mol. The van der Waals surface area contributed by atoms with Crippen molar-refractivity contribution in [3.63, 3.8) is 0 Å². The number of aliphatic hydroxyl groups is 1. The zero-order valence-electron chi connectivity index (χ0n) is 17.1. The molecular formula is C23H21F2IN2O4. The van der Waals surface area contributed by atoms with E-state index in [1.165, 1.54) is 0 Å². The zero-order chi connectivity index (χ0) is 23.1. The van der Waals surface area contributed by atoms with E-state index in [1.807, 2.05) is 25.1 Å². The molecule has 32 heavy (non-hydrogen) atoms. The molecule has 0 bridgehead atoms. The molecule has 0 saturated carbocycles. The number of ether oxygens (including phenoxy) is 1. The molecule has 0 heterocycles. The van der Waals surface area contributed by atoms with Crippen molar-refractivity contribution in [3.8, 4) is 5.75 Å². The van der Waals surface area contributed by atoms with Crippen LogP contribution in [0.15, 0.2) is 60.7 Å². The van der Waals surface area contributed by atoms with E-state index in [4.69, 9.17) is 9.57 Å². The number of carbonyl (C=O) groups excluding carboxylic acids is 1. The van der Waals surface area contributed by atoms with Gasteiger partial charge in [0.25, 0.3) is 5.91 Å². The van der Waals surface area contributed by atoms with Gasteiger partial charge in [-0.15, -0.1) is 0 Å². The molecule has 0 fully saturated rings. The molecule has 1 unspecified atom stereocenters. The number of aryl methyl sites for hydroxylation is 1. The highest BCUT2D eigenvalue weighted by atomic mass is 127. The molecule has 9 heteroatoms. The number of para-hydroxylation sites is 1. The lowest BCUT2D eigenvalue weighted by molar-refractivity contribution is -0.0259. The third-order valence-electron chi connectivity index (χ3n) is 4.39. The van der Waals surface area contributed by atoms with Crippen LogP contribution in [0.3, 0.4) is 0 Å². The minimum atomic E-state index is -1.17. The summed E-state index contributed by atoms with van der Waals surface area (Å²) in [5, 5.41) is 12.9. The second-order valence-corrected chi connectivity index (χ2v) is 8.16.